The van der Waals surface area contributed by atoms with E-state index in [1.165, 1.54) is 0 Å². The fraction of sp³-hybridized carbons (Fsp3) is 0.385. The number of aryl methyl sites for hydroxylation is 1. The lowest BCUT2D eigenvalue weighted by molar-refractivity contribution is -0.139. The molecule has 0 aromatic heterocycles. The van der Waals surface area contributed by atoms with Crippen LogP contribution in [-0.2, 0) is 9.59 Å². The third-order valence-corrected chi connectivity index (χ3v) is 3.14. The molecule has 2 N–H and O–H groups in total. The van der Waals surface area contributed by atoms with Crippen molar-refractivity contribution in [2.24, 2.45) is 11.8 Å². The molecule has 18 heavy (non-hydrogen) atoms. The molecule has 1 aliphatic carbocycles. The number of carboxylic acids is 1. The van der Waals surface area contributed by atoms with Crippen molar-refractivity contribution in [3.05, 3.63) is 23.8 Å². The Labute approximate surface area is 105 Å². The van der Waals surface area contributed by atoms with Crippen LogP contribution < -0.4 is 10.1 Å². The van der Waals surface area contributed by atoms with Crippen molar-refractivity contribution in [3.8, 4) is 5.75 Å². The Kier molecular flexibility index (Phi) is 3.23. The normalized spacial score (nSPS) is 21.2. The number of carbonyl (C=O) groups excluding carboxylic acids is 1. The van der Waals surface area contributed by atoms with Gasteiger partial charge in [0.05, 0.1) is 18.9 Å². The molecular formula is C13H15NO4. The summed E-state index contributed by atoms with van der Waals surface area (Å²) in [6.45, 7) is 1.86. The first-order valence-corrected chi connectivity index (χ1v) is 5.71. The maximum Gasteiger partial charge on any atom is 0.307 e. The molecule has 0 spiro atoms. The standard InChI is InChI=1S/C13H15NO4/c1-7-5-8(18-2)3-4-11(7)14-12(15)9-6-10(9)13(16)17/h3-5,9-10H,6H2,1-2H3,(H,14,15)(H,16,17). The van der Waals surface area contributed by atoms with E-state index in [0.29, 0.717) is 12.1 Å². The summed E-state index contributed by atoms with van der Waals surface area (Å²) in [4.78, 5) is 22.5. The van der Waals surface area contributed by atoms with Crippen LogP contribution in [0, 0.1) is 18.8 Å². The maximum absolute atomic E-state index is 11.8. The van der Waals surface area contributed by atoms with Gasteiger partial charge in [-0.2, -0.15) is 0 Å². The smallest absolute Gasteiger partial charge is 0.307 e. The molecule has 1 fully saturated rings. The maximum atomic E-state index is 11.8. The average Bonchev–Trinajstić information content (AvgIpc) is 3.11. The lowest BCUT2D eigenvalue weighted by atomic mass is 10.2. The second kappa shape index (κ2) is 4.68. The molecule has 0 heterocycles. The molecule has 1 aromatic carbocycles. The van der Waals surface area contributed by atoms with E-state index >= 15 is 0 Å². The highest BCUT2D eigenvalue weighted by Gasteiger charge is 2.48. The minimum absolute atomic E-state index is 0.226. The van der Waals surface area contributed by atoms with Crippen LogP contribution in [-0.4, -0.2) is 24.1 Å². The predicted molar refractivity (Wildman–Crippen MR) is 65.6 cm³/mol. The van der Waals surface area contributed by atoms with Gasteiger partial charge in [-0.25, -0.2) is 0 Å². The number of ether oxygens (including phenoxy) is 1. The summed E-state index contributed by atoms with van der Waals surface area (Å²) in [5, 5.41) is 11.5. The van der Waals surface area contributed by atoms with Gasteiger partial charge in [0, 0.05) is 5.69 Å². The van der Waals surface area contributed by atoms with E-state index in [2.05, 4.69) is 5.32 Å². The van der Waals surface area contributed by atoms with Gasteiger partial charge in [0.15, 0.2) is 0 Å². The Morgan fingerprint density at radius 1 is 1.39 bits per heavy atom. The number of hydrogen-bond acceptors (Lipinski definition) is 3. The zero-order valence-electron chi connectivity index (χ0n) is 10.3. The Morgan fingerprint density at radius 3 is 2.61 bits per heavy atom. The molecule has 0 aliphatic heterocycles. The summed E-state index contributed by atoms with van der Waals surface area (Å²) in [5.41, 5.74) is 1.58. The zero-order valence-corrected chi connectivity index (χ0v) is 10.3. The van der Waals surface area contributed by atoms with Crippen LogP contribution in [0.3, 0.4) is 0 Å². The highest BCUT2D eigenvalue weighted by molar-refractivity contribution is 5.98. The highest BCUT2D eigenvalue weighted by atomic mass is 16.5. The van der Waals surface area contributed by atoms with Crippen LogP contribution >= 0.6 is 0 Å². The predicted octanol–water partition coefficient (Wildman–Crippen LogP) is 1.66. The third kappa shape index (κ3) is 2.45. The van der Waals surface area contributed by atoms with E-state index in [-0.39, 0.29) is 5.91 Å². The number of carbonyl (C=O) groups is 2. The van der Waals surface area contributed by atoms with Crippen LogP contribution in [0.1, 0.15) is 12.0 Å². The van der Waals surface area contributed by atoms with E-state index in [0.717, 1.165) is 11.3 Å². The molecule has 2 unspecified atom stereocenters. The number of nitrogens with one attached hydrogen (secondary N) is 1. The molecule has 0 bridgehead atoms. The Morgan fingerprint density at radius 2 is 2.11 bits per heavy atom. The molecule has 96 valence electrons. The molecule has 1 saturated carbocycles. The molecule has 2 rings (SSSR count). The molecule has 5 heteroatoms. The van der Waals surface area contributed by atoms with E-state index in [9.17, 15) is 9.59 Å². The van der Waals surface area contributed by atoms with Crippen molar-refractivity contribution in [3.63, 3.8) is 0 Å². The Balaban J connectivity index is 2.02. The van der Waals surface area contributed by atoms with Crippen LogP contribution in [0.2, 0.25) is 0 Å². The van der Waals surface area contributed by atoms with E-state index in [4.69, 9.17) is 9.84 Å². The fourth-order valence-corrected chi connectivity index (χ4v) is 1.89. The van der Waals surface area contributed by atoms with Gasteiger partial charge in [-0.1, -0.05) is 0 Å². The van der Waals surface area contributed by atoms with Gasteiger partial charge in [-0.15, -0.1) is 0 Å². The molecule has 1 amide bonds. The van der Waals surface area contributed by atoms with Crippen molar-refractivity contribution in [1.29, 1.82) is 0 Å². The van der Waals surface area contributed by atoms with Crippen molar-refractivity contribution in [2.75, 3.05) is 12.4 Å². The Hall–Kier alpha value is -2.04. The quantitative estimate of drug-likeness (QED) is 0.851. The van der Waals surface area contributed by atoms with Gasteiger partial charge < -0.3 is 15.2 Å². The number of amides is 1. The largest absolute Gasteiger partial charge is 0.497 e. The monoisotopic (exact) mass is 249 g/mol. The molecule has 1 aliphatic rings. The summed E-state index contributed by atoms with van der Waals surface area (Å²) in [5.74, 6) is -1.33. The number of carboxylic acid groups (broad SMARTS) is 1. The van der Waals surface area contributed by atoms with Crippen LogP contribution in [0.5, 0.6) is 5.75 Å². The summed E-state index contributed by atoms with van der Waals surface area (Å²) >= 11 is 0. The molecule has 0 radical (unpaired) electrons. The third-order valence-electron chi connectivity index (χ3n) is 3.14. The van der Waals surface area contributed by atoms with Gasteiger partial charge in [-0.05, 0) is 37.1 Å². The Bertz CT molecular complexity index is 498. The minimum Gasteiger partial charge on any atom is -0.497 e. The number of methoxy groups -OCH3 is 1. The molecule has 1 aromatic rings. The van der Waals surface area contributed by atoms with Crippen molar-refractivity contribution in [1.82, 2.24) is 0 Å². The molecule has 2 atom stereocenters. The van der Waals surface area contributed by atoms with E-state index in [1.54, 1.807) is 19.2 Å². The zero-order chi connectivity index (χ0) is 13.3. The second-order valence-electron chi connectivity index (χ2n) is 4.46. The first-order chi connectivity index (χ1) is 8.52. The van der Waals surface area contributed by atoms with Crippen LogP contribution in [0.25, 0.3) is 0 Å². The van der Waals surface area contributed by atoms with Crippen LogP contribution in [0.15, 0.2) is 18.2 Å². The number of benzene rings is 1. The summed E-state index contributed by atoms with van der Waals surface area (Å²) in [6.07, 6.45) is 0.427. The van der Waals surface area contributed by atoms with Crippen molar-refractivity contribution < 1.29 is 19.4 Å². The average molecular weight is 249 g/mol. The fourth-order valence-electron chi connectivity index (χ4n) is 1.89. The molecular weight excluding hydrogens is 234 g/mol. The highest BCUT2D eigenvalue weighted by Crippen LogP contribution is 2.39. The van der Waals surface area contributed by atoms with Crippen LogP contribution in [0.4, 0.5) is 5.69 Å². The molecule has 5 nitrogen and oxygen atoms in total. The van der Waals surface area contributed by atoms with E-state index < -0.39 is 17.8 Å². The molecule has 0 saturated heterocycles. The first-order valence-electron chi connectivity index (χ1n) is 5.71. The summed E-state index contributed by atoms with van der Waals surface area (Å²) in [7, 11) is 1.58. The van der Waals surface area contributed by atoms with Crippen molar-refractivity contribution in [2.45, 2.75) is 13.3 Å². The number of hydrogen-bond donors (Lipinski definition) is 2. The van der Waals surface area contributed by atoms with Gasteiger partial charge in [0.2, 0.25) is 5.91 Å². The van der Waals surface area contributed by atoms with Gasteiger partial charge in [0.1, 0.15) is 5.75 Å². The summed E-state index contributed by atoms with van der Waals surface area (Å²) in [6, 6.07) is 5.33. The van der Waals surface area contributed by atoms with Gasteiger partial charge in [0.25, 0.3) is 0 Å². The van der Waals surface area contributed by atoms with Gasteiger partial charge in [-0.3, -0.25) is 9.59 Å². The van der Waals surface area contributed by atoms with E-state index in [1.807, 2.05) is 13.0 Å². The minimum atomic E-state index is -0.901. The first kappa shape index (κ1) is 12.4. The topological polar surface area (TPSA) is 75.6 Å². The van der Waals surface area contributed by atoms with Crippen molar-refractivity contribution >= 4 is 17.6 Å². The lowest BCUT2D eigenvalue weighted by Gasteiger charge is -2.09. The SMILES string of the molecule is COc1ccc(NC(=O)C2CC2C(=O)O)c(C)c1. The number of rotatable bonds is 4. The lowest BCUT2D eigenvalue weighted by Crippen LogP contribution is -2.17. The second-order valence-corrected chi connectivity index (χ2v) is 4.46. The number of aliphatic carboxylic acids is 1. The van der Waals surface area contributed by atoms with Gasteiger partial charge >= 0.3 is 5.97 Å². The number of anilines is 1. The summed E-state index contributed by atoms with van der Waals surface area (Å²) < 4.78 is 5.07.